The Morgan fingerprint density at radius 2 is 2.38 bits per heavy atom. The van der Waals surface area contributed by atoms with Crippen LogP contribution in [-0.4, -0.2) is 11.6 Å². The van der Waals surface area contributed by atoms with Gasteiger partial charge in [0.1, 0.15) is 5.60 Å². The smallest absolute Gasteiger partial charge is 0.292 e. The quantitative estimate of drug-likeness (QED) is 0.717. The van der Waals surface area contributed by atoms with Gasteiger partial charge < -0.3 is 14.9 Å². The highest BCUT2D eigenvalue weighted by molar-refractivity contribution is 5.15. The van der Waals surface area contributed by atoms with E-state index in [-0.39, 0.29) is 11.6 Å². The zero-order valence-electron chi connectivity index (χ0n) is 7.75. The van der Waals surface area contributed by atoms with Crippen molar-refractivity contribution in [3.63, 3.8) is 0 Å². The van der Waals surface area contributed by atoms with Gasteiger partial charge in [0.2, 0.25) is 0 Å². The Hall–Kier alpha value is -1.03. The van der Waals surface area contributed by atoms with Crippen molar-refractivity contribution < 1.29 is 9.15 Å². The maximum atomic E-state index is 5.68. The summed E-state index contributed by atoms with van der Waals surface area (Å²) in [6, 6.07) is 0.213. The predicted molar refractivity (Wildman–Crippen MR) is 48.1 cm³/mol. The second-order valence-electron chi connectivity index (χ2n) is 3.60. The van der Waals surface area contributed by atoms with Crippen LogP contribution < -0.4 is 5.73 Å². The number of aromatic nitrogens is 1. The minimum Gasteiger partial charge on any atom is -0.426 e. The first-order chi connectivity index (χ1) is 6.21. The Bertz CT molecular complexity index is 290. The molecule has 0 radical (unpaired) electrons. The zero-order chi connectivity index (χ0) is 9.31. The molecule has 0 aliphatic carbocycles. The summed E-state index contributed by atoms with van der Waals surface area (Å²) in [5, 5.41) is 0. The van der Waals surface area contributed by atoms with E-state index in [1.807, 2.05) is 6.92 Å². The molecule has 13 heavy (non-hydrogen) atoms. The van der Waals surface area contributed by atoms with Crippen molar-refractivity contribution in [3.05, 3.63) is 12.0 Å². The van der Waals surface area contributed by atoms with Gasteiger partial charge in [-0.25, -0.2) is 4.98 Å². The maximum absolute atomic E-state index is 5.68. The van der Waals surface area contributed by atoms with E-state index in [1.54, 1.807) is 6.20 Å². The van der Waals surface area contributed by atoms with Gasteiger partial charge in [-0.05, 0) is 26.2 Å². The minimum absolute atomic E-state index is 0.213. The van der Waals surface area contributed by atoms with Gasteiger partial charge in [-0.2, -0.15) is 0 Å². The summed E-state index contributed by atoms with van der Waals surface area (Å²) in [6.07, 6.45) is 4.92. The van der Waals surface area contributed by atoms with E-state index in [0.29, 0.717) is 0 Å². The molecule has 4 heteroatoms. The van der Waals surface area contributed by atoms with E-state index in [2.05, 4.69) is 4.98 Å². The summed E-state index contributed by atoms with van der Waals surface area (Å²) < 4.78 is 10.9. The Labute approximate surface area is 77.1 Å². The Morgan fingerprint density at radius 1 is 1.54 bits per heavy atom. The third kappa shape index (κ3) is 1.54. The van der Waals surface area contributed by atoms with E-state index in [0.717, 1.165) is 31.6 Å². The molecule has 1 atom stereocenters. The van der Waals surface area contributed by atoms with Crippen LogP contribution in [0.15, 0.2) is 10.6 Å². The molecule has 0 aromatic carbocycles. The van der Waals surface area contributed by atoms with Crippen LogP contribution in [0.3, 0.4) is 0 Å². The third-order valence-corrected chi connectivity index (χ3v) is 2.51. The zero-order valence-corrected chi connectivity index (χ0v) is 7.75. The lowest BCUT2D eigenvalue weighted by molar-refractivity contribution is -0.0828. The fourth-order valence-corrected chi connectivity index (χ4v) is 1.66. The normalized spacial score (nSPS) is 29.0. The summed E-state index contributed by atoms with van der Waals surface area (Å²) in [5.74, 6) is 0.740. The number of hydrogen-bond donors (Lipinski definition) is 1. The van der Waals surface area contributed by atoms with Crippen LogP contribution >= 0.6 is 0 Å². The average molecular weight is 182 g/mol. The number of ether oxygens (including phenoxy) is 1. The molecule has 0 amide bonds. The predicted octanol–water partition coefficient (Wildman–Crippen LogP) is 1.67. The number of nitrogen functional groups attached to an aromatic ring is 1. The second kappa shape index (κ2) is 3.03. The molecule has 1 fully saturated rings. The highest BCUT2D eigenvalue weighted by atomic mass is 16.5. The summed E-state index contributed by atoms with van der Waals surface area (Å²) >= 11 is 0. The van der Waals surface area contributed by atoms with E-state index in [9.17, 15) is 0 Å². The third-order valence-electron chi connectivity index (χ3n) is 2.51. The van der Waals surface area contributed by atoms with Gasteiger partial charge >= 0.3 is 0 Å². The van der Waals surface area contributed by atoms with Crippen LogP contribution in [0.1, 0.15) is 31.9 Å². The largest absolute Gasteiger partial charge is 0.426 e. The molecule has 1 unspecified atom stereocenters. The van der Waals surface area contributed by atoms with Crippen LogP contribution in [0.2, 0.25) is 0 Å². The number of rotatable bonds is 1. The molecule has 1 aliphatic heterocycles. The van der Waals surface area contributed by atoms with Gasteiger partial charge in [-0.1, -0.05) is 0 Å². The molecule has 2 N–H and O–H groups in total. The standard InChI is InChI=1S/C9H14N2O2/c1-9(4-2-3-5-12-9)7-6-11-8(10)13-7/h6H,2-5H2,1H3,(H2,10,11). The van der Waals surface area contributed by atoms with Crippen LogP contribution in [0.5, 0.6) is 0 Å². The first kappa shape index (κ1) is 8.56. The van der Waals surface area contributed by atoms with Crippen molar-refractivity contribution in [3.8, 4) is 0 Å². The van der Waals surface area contributed by atoms with Crippen molar-refractivity contribution in [2.75, 3.05) is 12.3 Å². The van der Waals surface area contributed by atoms with Crippen LogP contribution in [0, 0.1) is 0 Å². The first-order valence-corrected chi connectivity index (χ1v) is 4.56. The van der Waals surface area contributed by atoms with Gasteiger partial charge in [-0.3, -0.25) is 0 Å². The summed E-state index contributed by atoms with van der Waals surface area (Å²) in [4.78, 5) is 3.87. The molecule has 0 bridgehead atoms. The molecule has 0 saturated carbocycles. The molecular formula is C9H14N2O2. The number of nitrogens with two attached hydrogens (primary N) is 1. The van der Waals surface area contributed by atoms with Crippen LogP contribution in [0.25, 0.3) is 0 Å². The van der Waals surface area contributed by atoms with Crippen LogP contribution in [0.4, 0.5) is 6.01 Å². The molecule has 1 aliphatic rings. The lowest BCUT2D eigenvalue weighted by Crippen LogP contribution is -2.29. The molecule has 0 spiro atoms. The van der Waals surface area contributed by atoms with Crippen molar-refractivity contribution >= 4 is 6.01 Å². The molecule has 1 aromatic heterocycles. The van der Waals surface area contributed by atoms with E-state index < -0.39 is 0 Å². The van der Waals surface area contributed by atoms with Crippen molar-refractivity contribution in [2.24, 2.45) is 0 Å². The van der Waals surface area contributed by atoms with Gasteiger partial charge in [0, 0.05) is 6.61 Å². The molecule has 72 valence electrons. The van der Waals surface area contributed by atoms with Gasteiger partial charge in [0.25, 0.3) is 6.01 Å². The van der Waals surface area contributed by atoms with E-state index >= 15 is 0 Å². The fraction of sp³-hybridized carbons (Fsp3) is 0.667. The second-order valence-corrected chi connectivity index (χ2v) is 3.60. The monoisotopic (exact) mass is 182 g/mol. The van der Waals surface area contributed by atoms with Crippen molar-refractivity contribution in [1.29, 1.82) is 0 Å². The Morgan fingerprint density at radius 3 is 2.92 bits per heavy atom. The first-order valence-electron chi connectivity index (χ1n) is 4.56. The topological polar surface area (TPSA) is 61.3 Å². The number of hydrogen-bond acceptors (Lipinski definition) is 4. The summed E-state index contributed by atoms with van der Waals surface area (Å²) in [5.41, 5.74) is 5.09. The van der Waals surface area contributed by atoms with E-state index in [1.165, 1.54) is 0 Å². The molecule has 2 rings (SSSR count). The summed E-state index contributed by atoms with van der Waals surface area (Å²) in [7, 11) is 0. The molecular weight excluding hydrogens is 168 g/mol. The molecule has 2 heterocycles. The van der Waals surface area contributed by atoms with E-state index in [4.69, 9.17) is 14.9 Å². The van der Waals surface area contributed by atoms with Crippen molar-refractivity contribution in [1.82, 2.24) is 4.98 Å². The lowest BCUT2D eigenvalue weighted by atomic mass is 9.94. The van der Waals surface area contributed by atoms with Gasteiger partial charge in [0.15, 0.2) is 5.76 Å². The highest BCUT2D eigenvalue weighted by Crippen LogP contribution is 2.35. The van der Waals surface area contributed by atoms with Gasteiger partial charge in [0.05, 0.1) is 6.20 Å². The number of oxazole rings is 1. The number of anilines is 1. The molecule has 1 aromatic rings. The molecule has 4 nitrogen and oxygen atoms in total. The number of nitrogens with zero attached hydrogens (tertiary/aromatic N) is 1. The van der Waals surface area contributed by atoms with Crippen molar-refractivity contribution in [2.45, 2.75) is 31.8 Å². The maximum Gasteiger partial charge on any atom is 0.292 e. The van der Waals surface area contributed by atoms with Gasteiger partial charge in [-0.15, -0.1) is 0 Å². The van der Waals surface area contributed by atoms with Crippen LogP contribution in [-0.2, 0) is 10.3 Å². The lowest BCUT2D eigenvalue weighted by Gasteiger charge is -2.31. The Balaban J connectivity index is 2.22. The fourth-order valence-electron chi connectivity index (χ4n) is 1.66. The minimum atomic E-state index is -0.317. The SMILES string of the molecule is CC1(c2cnc(N)o2)CCCCO1. The highest BCUT2D eigenvalue weighted by Gasteiger charge is 2.33. The summed E-state index contributed by atoms with van der Waals surface area (Å²) in [6.45, 7) is 2.81. The average Bonchev–Trinajstić information content (AvgIpc) is 2.54. The molecule has 1 saturated heterocycles. The Kier molecular flexibility index (Phi) is 2.00.